The quantitative estimate of drug-likeness (QED) is 0.763. The van der Waals surface area contributed by atoms with Crippen molar-refractivity contribution in [2.24, 2.45) is 0 Å². The van der Waals surface area contributed by atoms with E-state index in [9.17, 15) is 0 Å². The standard InChI is InChI=1S/C8H10BrNS/c9-6-4-8(11-5-6)7-2-1-3-10-7/h4-5,7,10H,1-3H2/p+1/t7-/m1/s1. The Kier molecular flexibility index (Phi) is 2.30. The van der Waals surface area contributed by atoms with Crippen molar-refractivity contribution in [3.8, 4) is 0 Å². The van der Waals surface area contributed by atoms with Crippen LogP contribution in [0.25, 0.3) is 0 Å². The van der Waals surface area contributed by atoms with Gasteiger partial charge in [0.1, 0.15) is 6.04 Å². The third-order valence-electron chi connectivity index (χ3n) is 2.12. The molecule has 1 aliphatic rings. The predicted octanol–water partition coefficient (Wildman–Crippen LogP) is 1.91. The SMILES string of the molecule is Brc1csc([C@H]2CCC[NH2+]2)c1. The maximum atomic E-state index is 3.48. The van der Waals surface area contributed by atoms with E-state index in [-0.39, 0.29) is 0 Å². The first-order valence-corrected chi connectivity index (χ1v) is 5.61. The molecule has 1 nitrogen and oxygen atoms in total. The zero-order chi connectivity index (χ0) is 7.68. The van der Waals surface area contributed by atoms with Crippen LogP contribution in [-0.4, -0.2) is 6.54 Å². The average molecular weight is 233 g/mol. The topological polar surface area (TPSA) is 16.6 Å². The van der Waals surface area contributed by atoms with Gasteiger partial charge in [-0.2, -0.15) is 0 Å². The van der Waals surface area contributed by atoms with E-state index in [4.69, 9.17) is 0 Å². The second-order valence-corrected chi connectivity index (χ2v) is 4.80. The summed E-state index contributed by atoms with van der Waals surface area (Å²) in [5, 5.41) is 4.61. The summed E-state index contributed by atoms with van der Waals surface area (Å²) in [7, 11) is 0. The van der Waals surface area contributed by atoms with Crippen molar-refractivity contribution in [3.63, 3.8) is 0 Å². The fraction of sp³-hybridized carbons (Fsp3) is 0.500. The highest BCUT2D eigenvalue weighted by molar-refractivity contribution is 9.10. The molecule has 2 rings (SSSR count). The Labute approximate surface area is 78.9 Å². The second-order valence-electron chi connectivity index (χ2n) is 2.94. The Bertz CT molecular complexity index is 240. The van der Waals surface area contributed by atoms with Gasteiger partial charge in [0.05, 0.1) is 11.4 Å². The number of quaternary nitrogens is 1. The van der Waals surface area contributed by atoms with Gasteiger partial charge in [-0.1, -0.05) is 0 Å². The molecule has 2 N–H and O–H groups in total. The first-order valence-electron chi connectivity index (χ1n) is 3.93. The van der Waals surface area contributed by atoms with E-state index in [2.05, 4.69) is 32.7 Å². The summed E-state index contributed by atoms with van der Waals surface area (Å²) in [6.07, 6.45) is 2.73. The van der Waals surface area contributed by atoms with Crippen molar-refractivity contribution < 1.29 is 5.32 Å². The third-order valence-corrected chi connectivity index (χ3v) is 3.95. The Hall–Kier alpha value is 0.140. The van der Waals surface area contributed by atoms with Gasteiger partial charge in [-0.25, -0.2) is 0 Å². The molecular formula is C8H11BrNS+. The van der Waals surface area contributed by atoms with Gasteiger partial charge in [0.2, 0.25) is 0 Å². The summed E-state index contributed by atoms with van der Waals surface area (Å²) >= 11 is 5.34. The van der Waals surface area contributed by atoms with E-state index in [1.165, 1.54) is 28.7 Å². The van der Waals surface area contributed by atoms with Crippen molar-refractivity contribution in [2.75, 3.05) is 6.54 Å². The third kappa shape index (κ3) is 1.66. The van der Waals surface area contributed by atoms with Gasteiger partial charge in [0, 0.05) is 22.7 Å². The Morgan fingerprint density at radius 1 is 1.64 bits per heavy atom. The molecule has 0 saturated carbocycles. The van der Waals surface area contributed by atoms with Gasteiger partial charge in [0.25, 0.3) is 0 Å². The van der Waals surface area contributed by atoms with Crippen LogP contribution in [0, 0.1) is 0 Å². The van der Waals surface area contributed by atoms with Gasteiger partial charge in [-0.15, -0.1) is 11.3 Å². The largest absolute Gasteiger partial charge is 0.339 e. The summed E-state index contributed by atoms with van der Waals surface area (Å²) in [6, 6.07) is 3.00. The number of hydrogen-bond donors (Lipinski definition) is 1. The number of nitrogens with two attached hydrogens (primary N) is 1. The van der Waals surface area contributed by atoms with Crippen molar-refractivity contribution in [3.05, 3.63) is 20.8 Å². The summed E-state index contributed by atoms with van der Waals surface area (Å²) in [5.74, 6) is 0. The zero-order valence-corrected chi connectivity index (χ0v) is 8.62. The molecule has 60 valence electrons. The second kappa shape index (κ2) is 3.25. The molecule has 3 heteroatoms. The monoisotopic (exact) mass is 232 g/mol. The zero-order valence-electron chi connectivity index (χ0n) is 6.22. The van der Waals surface area contributed by atoms with Crippen molar-refractivity contribution in [1.29, 1.82) is 0 Å². The normalized spacial score (nSPS) is 24.3. The summed E-state index contributed by atoms with van der Waals surface area (Å²) in [5.41, 5.74) is 0. The molecule has 0 aromatic carbocycles. The molecule has 0 amide bonds. The van der Waals surface area contributed by atoms with E-state index in [0.717, 1.165) is 6.04 Å². The fourth-order valence-electron chi connectivity index (χ4n) is 1.56. The van der Waals surface area contributed by atoms with Crippen LogP contribution in [0.4, 0.5) is 0 Å². The minimum absolute atomic E-state index is 0.756. The molecule has 1 aromatic heterocycles. The average Bonchev–Trinajstić information content (AvgIpc) is 2.55. The molecule has 0 aliphatic carbocycles. The van der Waals surface area contributed by atoms with Gasteiger partial charge in [-0.05, 0) is 22.0 Å². The van der Waals surface area contributed by atoms with Crippen LogP contribution in [-0.2, 0) is 0 Å². The van der Waals surface area contributed by atoms with Crippen LogP contribution < -0.4 is 5.32 Å². The first kappa shape index (κ1) is 7.77. The summed E-state index contributed by atoms with van der Waals surface area (Å²) in [6.45, 7) is 1.31. The lowest BCUT2D eigenvalue weighted by molar-refractivity contribution is -0.675. The van der Waals surface area contributed by atoms with Crippen LogP contribution in [0.5, 0.6) is 0 Å². The molecule has 0 unspecified atom stereocenters. The van der Waals surface area contributed by atoms with Crippen LogP contribution >= 0.6 is 27.3 Å². The molecule has 11 heavy (non-hydrogen) atoms. The lowest BCUT2D eigenvalue weighted by Crippen LogP contribution is -2.81. The maximum Gasteiger partial charge on any atom is 0.121 e. The minimum Gasteiger partial charge on any atom is -0.339 e. The van der Waals surface area contributed by atoms with Crippen LogP contribution in [0.2, 0.25) is 0 Å². The fourth-order valence-corrected chi connectivity index (χ4v) is 3.13. The van der Waals surface area contributed by atoms with Gasteiger partial charge >= 0.3 is 0 Å². The van der Waals surface area contributed by atoms with E-state index in [1.54, 1.807) is 0 Å². The highest BCUT2D eigenvalue weighted by Crippen LogP contribution is 2.27. The van der Waals surface area contributed by atoms with Gasteiger partial charge in [-0.3, -0.25) is 0 Å². The van der Waals surface area contributed by atoms with Crippen molar-refractivity contribution in [1.82, 2.24) is 0 Å². The highest BCUT2D eigenvalue weighted by atomic mass is 79.9. The Morgan fingerprint density at radius 2 is 2.55 bits per heavy atom. The Balaban J connectivity index is 2.15. The number of thiophene rings is 1. The molecule has 1 saturated heterocycles. The molecule has 0 spiro atoms. The van der Waals surface area contributed by atoms with Crippen LogP contribution in [0.15, 0.2) is 15.9 Å². The predicted molar refractivity (Wildman–Crippen MR) is 50.8 cm³/mol. The maximum absolute atomic E-state index is 3.48. The molecule has 0 bridgehead atoms. The van der Waals surface area contributed by atoms with E-state index in [1.807, 2.05) is 11.3 Å². The first-order chi connectivity index (χ1) is 5.36. The highest BCUT2D eigenvalue weighted by Gasteiger charge is 2.21. The summed E-state index contributed by atoms with van der Waals surface area (Å²) in [4.78, 5) is 1.52. The van der Waals surface area contributed by atoms with Gasteiger partial charge in [0.15, 0.2) is 0 Å². The number of rotatable bonds is 1. The number of hydrogen-bond acceptors (Lipinski definition) is 1. The molecule has 1 fully saturated rings. The number of halogens is 1. The lowest BCUT2D eigenvalue weighted by Gasteiger charge is -2.01. The van der Waals surface area contributed by atoms with Gasteiger partial charge < -0.3 is 5.32 Å². The molecule has 1 aliphatic heterocycles. The van der Waals surface area contributed by atoms with E-state index in [0.29, 0.717) is 0 Å². The smallest absolute Gasteiger partial charge is 0.121 e. The van der Waals surface area contributed by atoms with Crippen LogP contribution in [0.3, 0.4) is 0 Å². The molecule has 0 radical (unpaired) electrons. The molecule has 1 aromatic rings. The lowest BCUT2D eigenvalue weighted by atomic mass is 10.2. The minimum atomic E-state index is 0.756. The van der Waals surface area contributed by atoms with Crippen LogP contribution in [0.1, 0.15) is 23.8 Å². The van der Waals surface area contributed by atoms with E-state index < -0.39 is 0 Å². The Morgan fingerprint density at radius 3 is 3.09 bits per heavy atom. The van der Waals surface area contributed by atoms with Crippen molar-refractivity contribution in [2.45, 2.75) is 18.9 Å². The molecule has 1 atom stereocenters. The molecule has 2 heterocycles. The van der Waals surface area contributed by atoms with E-state index >= 15 is 0 Å². The van der Waals surface area contributed by atoms with Crippen molar-refractivity contribution >= 4 is 27.3 Å². The molecular weight excluding hydrogens is 222 g/mol. The summed E-state index contributed by atoms with van der Waals surface area (Å²) < 4.78 is 1.23.